The van der Waals surface area contributed by atoms with Crippen LogP contribution in [-0.2, 0) is 0 Å². The number of hydrogen-bond donors (Lipinski definition) is 0. The van der Waals surface area contributed by atoms with Gasteiger partial charge in [0, 0.05) is 15.0 Å². The van der Waals surface area contributed by atoms with Crippen molar-refractivity contribution in [1.29, 1.82) is 0 Å². The van der Waals surface area contributed by atoms with E-state index in [1.807, 2.05) is 35.6 Å². The Kier molecular flexibility index (Phi) is 7.48. The maximum Gasteiger partial charge on any atom is 0.0352 e. The molecule has 0 unspecified atom stereocenters. The van der Waals surface area contributed by atoms with Crippen molar-refractivity contribution in [2.24, 2.45) is 0 Å². The molecule has 0 nitrogen and oxygen atoms in total. The lowest BCUT2D eigenvalue weighted by atomic mass is 9.85. The van der Waals surface area contributed by atoms with Crippen molar-refractivity contribution in [3.05, 3.63) is 175 Å². The Morgan fingerprint density at radius 1 is 0.479 bits per heavy atom. The van der Waals surface area contributed by atoms with Crippen LogP contribution >= 0.6 is 11.3 Å². The van der Waals surface area contributed by atoms with Gasteiger partial charge in [-0.25, -0.2) is 0 Å². The number of rotatable bonds is 7. The number of benzene rings is 7. The lowest BCUT2D eigenvalue weighted by Gasteiger charge is -2.18. The average molecular weight is 631 g/mol. The molecule has 0 fully saturated rings. The molecule has 7 aromatic carbocycles. The van der Waals surface area contributed by atoms with Crippen molar-refractivity contribution in [1.82, 2.24) is 0 Å². The molecule has 1 aromatic heterocycles. The maximum atomic E-state index is 4.29. The summed E-state index contributed by atoms with van der Waals surface area (Å²) in [5, 5.41) is 8.61. The predicted molar refractivity (Wildman–Crippen MR) is 215 cm³/mol. The molecule has 0 aliphatic heterocycles. The van der Waals surface area contributed by atoms with E-state index in [1.165, 1.54) is 86.2 Å². The molecule has 0 aliphatic rings. The minimum Gasteiger partial charge on any atom is -0.140 e. The summed E-state index contributed by atoms with van der Waals surface area (Å²) in [7, 11) is 0. The van der Waals surface area contributed by atoms with Crippen LogP contribution in [0.15, 0.2) is 153 Å². The van der Waals surface area contributed by atoms with Crippen molar-refractivity contribution in [3.8, 4) is 33.4 Å². The second-order valence-electron chi connectivity index (χ2n) is 12.2. The SMILES string of the molecule is C=C/C=C\c1c(C)sc2ccc(-c3ccc(-c4cc5c(C=C)c(C=C)c(-c6ccc7ccccc7c6)cc5c5ccccc45)cc3)cc12. The first kappa shape index (κ1) is 29.6. The zero-order chi connectivity index (χ0) is 32.8. The van der Waals surface area contributed by atoms with Crippen molar-refractivity contribution in [3.63, 3.8) is 0 Å². The molecule has 0 aliphatic carbocycles. The first-order valence-corrected chi connectivity index (χ1v) is 17.1. The molecule has 1 heterocycles. The normalized spacial score (nSPS) is 11.6. The molecule has 0 saturated carbocycles. The monoisotopic (exact) mass is 630 g/mol. The van der Waals surface area contributed by atoms with E-state index >= 15 is 0 Å². The van der Waals surface area contributed by atoms with Gasteiger partial charge < -0.3 is 0 Å². The summed E-state index contributed by atoms with van der Waals surface area (Å²) >= 11 is 1.84. The van der Waals surface area contributed by atoms with Crippen LogP contribution in [0.2, 0.25) is 0 Å². The lowest BCUT2D eigenvalue weighted by molar-refractivity contribution is 1.60. The highest BCUT2D eigenvalue weighted by molar-refractivity contribution is 7.19. The second kappa shape index (κ2) is 12.1. The highest BCUT2D eigenvalue weighted by atomic mass is 32.1. The third-order valence-electron chi connectivity index (χ3n) is 9.55. The first-order valence-electron chi connectivity index (χ1n) is 16.3. The van der Waals surface area contributed by atoms with E-state index in [9.17, 15) is 0 Å². The summed E-state index contributed by atoms with van der Waals surface area (Å²) in [6, 6.07) is 44.5. The van der Waals surface area contributed by atoms with E-state index < -0.39 is 0 Å². The summed E-state index contributed by atoms with van der Waals surface area (Å²) in [6.45, 7) is 14.6. The van der Waals surface area contributed by atoms with Gasteiger partial charge in [-0.15, -0.1) is 11.3 Å². The number of allylic oxidation sites excluding steroid dienone is 2. The Hall–Kier alpha value is -5.76. The van der Waals surface area contributed by atoms with Gasteiger partial charge in [-0.2, -0.15) is 0 Å². The zero-order valence-electron chi connectivity index (χ0n) is 27.0. The van der Waals surface area contributed by atoms with Gasteiger partial charge in [0.2, 0.25) is 0 Å². The molecule has 0 amide bonds. The Morgan fingerprint density at radius 2 is 1.15 bits per heavy atom. The van der Waals surface area contributed by atoms with Gasteiger partial charge in [0.05, 0.1) is 0 Å². The van der Waals surface area contributed by atoms with Gasteiger partial charge in [0.1, 0.15) is 0 Å². The van der Waals surface area contributed by atoms with E-state index in [0.29, 0.717) is 0 Å². The average Bonchev–Trinajstić information content (AvgIpc) is 3.46. The Balaban J connectivity index is 1.28. The lowest BCUT2D eigenvalue weighted by Crippen LogP contribution is -1.93. The second-order valence-corrected chi connectivity index (χ2v) is 13.5. The minimum absolute atomic E-state index is 1.10. The predicted octanol–water partition coefficient (Wildman–Crippen LogP) is 14.2. The van der Waals surface area contributed by atoms with Crippen LogP contribution in [0.1, 0.15) is 21.6 Å². The molecule has 0 spiro atoms. The molecule has 8 aromatic rings. The van der Waals surface area contributed by atoms with Gasteiger partial charge in [-0.3, -0.25) is 0 Å². The summed E-state index contributed by atoms with van der Waals surface area (Å²) in [5.74, 6) is 0. The van der Waals surface area contributed by atoms with E-state index in [4.69, 9.17) is 0 Å². The summed E-state index contributed by atoms with van der Waals surface area (Å²) in [5.41, 5.74) is 10.6. The summed E-state index contributed by atoms with van der Waals surface area (Å²) in [6.07, 6.45) is 9.99. The topological polar surface area (TPSA) is 0 Å². The Bertz CT molecular complexity index is 2610. The molecule has 0 radical (unpaired) electrons. The van der Waals surface area contributed by atoms with Crippen LogP contribution in [0, 0.1) is 6.92 Å². The van der Waals surface area contributed by atoms with Crippen LogP contribution < -0.4 is 0 Å². The standard InChI is InChI=1S/C47H34S/c1-5-8-15-39-30(4)48-47-25-24-35(27-46(39)47)32-18-21-33(22-19-32)42-28-44-38(7-3)37(6-2)43(29-45(44)41-17-12-11-16-40(41)42)36-23-20-31-13-9-10-14-34(31)26-36/h5-29H,1-3H2,4H3/b15-8-. The van der Waals surface area contributed by atoms with E-state index in [-0.39, 0.29) is 0 Å². The first-order chi connectivity index (χ1) is 23.6. The quantitative estimate of drug-likeness (QED) is 0.121. The van der Waals surface area contributed by atoms with Gasteiger partial charge in [0.25, 0.3) is 0 Å². The Labute approximate surface area is 285 Å². The van der Waals surface area contributed by atoms with Crippen LogP contribution in [0.25, 0.3) is 94.0 Å². The van der Waals surface area contributed by atoms with Crippen LogP contribution in [0.5, 0.6) is 0 Å². The van der Waals surface area contributed by atoms with Crippen molar-refractivity contribution in [2.75, 3.05) is 0 Å². The minimum atomic E-state index is 1.10. The smallest absolute Gasteiger partial charge is 0.0352 e. The number of fused-ring (bicyclic) bond motifs is 5. The number of aryl methyl sites for hydroxylation is 1. The fraction of sp³-hybridized carbons (Fsp3) is 0.0213. The third-order valence-corrected chi connectivity index (χ3v) is 10.7. The molecule has 228 valence electrons. The number of thiophene rings is 1. The maximum absolute atomic E-state index is 4.29. The third kappa shape index (κ3) is 4.92. The van der Waals surface area contributed by atoms with Crippen LogP contribution in [-0.4, -0.2) is 0 Å². The Morgan fingerprint density at radius 3 is 1.92 bits per heavy atom. The molecule has 0 saturated heterocycles. The molecule has 1 heteroatoms. The van der Waals surface area contributed by atoms with E-state index in [1.54, 1.807) is 0 Å². The summed E-state index contributed by atoms with van der Waals surface area (Å²) < 4.78 is 1.31. The molecular weight excluding hydrogens is 597 g/mol. The summed E-state index contributed by atoms with van der Waals surface area (Å²) in [4.78, 5) is 1.32. The number of hydrogen-bond acceptors (Lipinski definition) is 1. The molecule has 0 bridgehead atoms. The molecular formula is C47H34S. The molecule has 8 rings (SSSR count). The van der Waals surface area contributed by atoms with Gasteiger partial charge >= 0.3 is 0 Å². The van der Waals surface area contributed by atoms with Crippen LogP contribution in [0.3, 0.4) is 0 Å². The van der Waals surface area contributed by atoms with Crippen molar-refractivity contribution < 1.29 is 0 Å². The van der Waals surface area contributed by atoms with Crippen molar-refractivity contribution in [2.45, 2.75) is 6.92 Å². The van der Waals surface area contributed by atoms with E-state index in [2.05, 4.69) is 154 Å². The van der Waals surface area contributed by atoms with Gasteiger partial charge in [0.15, 0.2) is 0 Å². The molecule has 0 atom stereocenters. The molecule has 0 N–H and O–H groups in total. The fourth-order valence-corrected chi connectivity index (χ4v) is 8.23. The zero-order valence-corrected chi connectivity index (χ0v) is 27.8. The van der Waals surface area contributed by atoms with Crippen LogP contribution in [0.4, 0.5) is 0 Å². The van der Waals surface area contributed by atoms with Gasteiger partial charge in [-0.1, -0.05) is 141 Å². The van der Waals surface area contributed by atoms with Gasteiger partial charge in [-0.05, 0) is 120 Å². The fourth-order valence-electron chi connectivity index (χ4n) is 7.19. The van der Waals surface area contributed by atoms with Crippen molar-refractivity contribution >= 4 is 72.0 Å². The van der Waals surface area contributed by atoms with E-state index in [0.717, 1.165) is 11.1 Å². The largest absolute Gasteiger partial charge is 0.140 e. The highest BCUT2D eigenvalue weighted by Crippen LogP contribution is 2.42. The highest BCUT2D eigenvalue weighted by Gasteiger charge is 2.17. The molecule has 48 heavy (non-hydrogen) atoms.